The second-order valence-corrected chi connectivity index (χ2v) is 10.7. The van der Waals surface area contributed by atoms with E-state index in [1.54, 1.807) is 28.6 Å². The first-order valence-corrected chi connectivity index (χ1v) is 12.5. The number of piperazine rings is 1. The van der Waals surface area contributed by atoms with Crippen molar-refractivity contribution < 1.29 is 13.2 Å². The van der Waals surface area contributed by atoms with E-state index in [0.29, 0.717) is 36.6 Å². The van der Waals surface area contributed by atoms with Gasteiger partial charge in [-0.15, -0.1) is 11.3 Å². The van der Waals surface area contributed by atoms with Crippen molar-refractivity contribution in [2.45, 2.75) is 25.7 Å². The first-order valence-electron chi connectivity index (χ1n) is 10.1. The minimum absolute atomic E-state index is 0.0351. The first kappa shape index (κ1) is 21.7. The number of anilines is 1. The lowest BCUT2D eigenvalue weighted by atomic mass is 10.1. The molecule has 0 aliphatic carbocycles. The molecule has 0 N–H and O–H groups in total. The van der Waals surface area contributed by atoms with Crippen molar-refractivity contribution in [2.75, 3.05) is 31.1 Å². The molecule has 162 valence electrons. The molecule has 2 aromatic carbocycles. The van der Waals surface area contributed by atoms with Crippen LogP contribution in [-0.4, -0.2) is 49.7 Å². The van der Waals surface area contributed by atoms with E-state index in [9.17, 15) is 13.2 Å². The SMILES string of the molecule is CC(=O)c1ccc(N2CCN(S(=O)(=O)c3cc(-c4csc(C)n4)ccc3C)CC2)cc1. The zero-order valence-corrected chi connectivity index (χ0v) is 19.5. The van der Waals surface area contributed by atoms with Crippen molar-refractivity contribution in [3.8, 4) is 11.3 Å². The Hall–Kier alpha value is -2.55. The maximum absolute atomic E-state index is 13.4. The number of thiazole rings is 1. The van der Waals surface area contributed by atoms with Crippen LogP contribution in [0.2, 0.25) is 0 Å². The molecule has 0 radical (unpaired) electrons. The Morgan fingerprint density at radius 3 is 2.26 bits per heavy atom. The number of rotatable bonds is 5. The van der Waals surface area contributed by atoms with Crippen molar-refractivity contribution in [2.24, 2.45) is 0 Å². The molecule has 4 rings (SSSR count). The van der Waals surface area contributed by atoms with Gasteiger partial charge in [0.15, 0.2) is 5.78 Å². The average molecular weight is 456 g/mol. The molecule has 1 fully saturated rings. The summed E-state index contributed by atoms with van der Waals surface area (Å²) in [7, 11) is -3.60. The normalized spacial score (nSPS) is 15.3. The van der Waals surface area contributed by atoms with Crippen LogP contribution in [0.5, 0.6) is 0 Å². The van der Waals surface area contributed by atoms with Crippen LogP contribution in [0.3, 0.4) is 0 Å². The minimum atomic E-state index is -3.60. The third-order valence-corrected chi connectivity index (χ3v) is 8.41. The van der Waals surface area contributed by atoms with Crippen molar-refractivity contribution in [1.29, 1.82) is 0 Å². The maximum Gasteiger partial charge on any atom is 0.243 e. The molecular formula is C23H25N3O3S2. The van der Waals surface area contributed by atoms with Gasteiger partial charge < -0.3 is 4.90 Å². The maximum atomic E-state index is 13.4. The predicted octanol–water partition coefficient (Wildman–Crippen LogP) is 4.14. The Balaban J connectivity index is 1.52. The van der Waals surface area contributed by atoms with Crippen LogP contribution in [0.1, 0.15) is 27.9 Å². The standard InChI is InChI=1S/C23H25N3O3S2/c1-16-4-5-20(22-15-30-18(3)24-22)14-23(16)31(28,29)26-12-10-25(11-13-26)21-8-6-19(7-9-21)17(2)27/h4-9,14-15H,10-13H2,1-3H3. The highest BCUT2D eigenvalue weighted by Gasteiger charge is 2.30. The van der Waals surface area contributed by atoms with Crippen molar-refractivity contribution in [1.82, 2.24) is 9.29 Å². The second kappa shape index (κ2) is 8.53. The van der Waals surface area contributed by atoms with Gasteiger partial charge in [-0.25, -0.2) is 13.4 Å². The number of sulfonamides is 1. The molecule has 2 heterocycles. The van der Waals surface area contributed by atoms with Crippen LogP contribution in [0, 0.1) is 13.8 Å². The molecule has 0 spiro atoms. The molecule has 1 aliphatic rings. The highest BCUT2D eigenvalue weighted by Crippen LogP contribution is 2.29. The number of nitrogens with zero attached hydrogens (tertiary/aromatic N) is 3. The lowest BCUT2D eigenvalue weighted by Crippen LogP contribution is -2.48. The molecule has 1 saturated heterocycles. The van der Waals surface area contributed by atoms with E-state index in [2.05, 4.69) is 9.88 Å². The number of carbonyl (C=O) groups excluding carboxylic acids is 1. The molecule has 6 nitrogen and oxygen atoms in total. The summed E-state index contributed by atoms with van der Waals surface area (Å²) in [6, 6.07) is 13.0. The van der Waals surface area contributed by atoms with Gasteiger partial charge in [0.2, 0.25) is 10.0 Å². The zero-order valence-electron chi connectivity index (χ0n) is 17.8. The van der Waals surface area contributed by atoms with Crippen LogP contribution in [0.4, 0.5) is 5.69 Å². The Morgan fingerprint density at radius 1 is 1.00 bits per heavy atom. The Bertz CT molecular complexity index is 1210. The molecule has 0 saturated carbocycles. The molecule has 31 heavy (non-hydrogen) atoms. The number of hydrogen-bond acceptors (Lipinski definition) is 6. The van der Waals surface area contributed by atoms with Gasteiger partial charge in [0, 0.05) is 48.4 Å². The molecule has 1 aromatic heterocycles. The summed E-state index contributed by atoms with van der Waals surface area (Å²) in [5.74, 6) is 0.0351. The summed E-state index contributed by atoms with van der Waals surface area (Å²) >= 11 is 1.55. The zero-order chi connectivity index (χ0) is 22.2. The predicted molar refractivity (Wildman–Crippen MR) is 124 cm³/mol. The van der Waals surface area contributed by atoms with Gasteiger partial charge >= 0.3 is 0 Å². The van der Waals surface area contributed by atoms with E-state index in [0.717, 1.165) is 27.5 Å². The highest BCUT2D eigenvalue weighted by molar-refractivity contribution is 7.89. The summed E-state index contributed by atoms with van der Waals surface area (Å²) in [4.78, 5) is 18.5. The first-order chi connectivity index (χ1) is 14.8. The van der Waals surface area contributed by atoms with E-state index in [1.807, 2.05) is 55.6 Å². The van der Waals surface area contributed by atoms with Gasteiger partial charge in [-0.1, -0.05) is 12.1 Å². The number of carbonyl (C=O) groups is 1. The van der Waals surface area contributed by atoms with Crippen LogP contribution < -0.4 is 4.90 Å². The lowest BCUT2D eigenvalue weighted by molar-refractivity contribution is 0.101. The van der Waals surface area contributed by atoms with E-state index in [4.69, 9.17) is 0 Å². The fourth-order valence-corrected chi connectivity index (χ4v) is 6.06. The quantitative estimate of drug-likeness (QED) is 0.541. The van der Waals surface area contributed by atoms with Gasteiger partial charge in [-0.2, -0.15) is 4.31 Å². The number of aromatic nitrogens is 1. The third-order valence-electron chi connectivity index (χ3n) is 5.60. The van der Waals surface area contributed by atoms with Crippen molar-refractivity contribution in [3.63, 3.8) is 0 Å². The summed E-state index contributed by atoms with van der Waals surface area (Å²) in [5.41, 5.74) is 4.03. The number of Topliss-reactive ketones (excluding diaryl/α,β-unsaturated/α-hetero) is 1. The van der Waals surface area contributed by atoms with Crippen LogP contribution in [0.25, 0.3) is 11.3 Å². The smallest absolute Gasteiger partial charge is 0.243 e. The molecule has 3 aromatic rings. The monoisotopic (exact) mass is 455 g/mol. The summed E-state index contributed by atoms with van der Waals surface area (Å²) in [5, 5.41) is 2.90. The van der Waals surface area contributed by atoms with Gasteiger partial charge in [-0.3, -0.25) is 4.79 Å². The van der Waals surface area contributed by atoms with Gasteiger partial charge in [0.1, 0.15) is 0 Å². The van der Waals surface area contributed by atoms with E-state index < -0.39 is 10.0 Å². The van der Waals surface area contributed by atoms with Crippen LogP contribution >= 0.6 is 11.3 Å². The summed E-state index contributed by atoms with van der Waals surface area (Å²) < 4.78 is 28.4. The number of aryl methyl sites for hydroxylation is 2. The number of ketones is 1. The van der Waals surface area contributed by atoms with Gasteiger partial charge in [-0.05, 0) is 56.7 Å². The molecule has 0 unspecified atom stereocenters. The van der Waals surface area contributed by atoms with Crippen LogP contribution in [-0.2, 0) is 10.0 Å². The average Bonchev–Trinajstić information content (AvgIpc) is 3.20. The molecule has 8 heteroatoms. The van der Waals surface area contributed by atoms with E-state index >= 15 is 0 Å². The van der Waals surface area contributed by atoms with Gasteiger partial charge in [0.05, 0.1) is 15.6 Å². The Kier molecular flexibility index (Phi) is 5.96. The van der Waals surface area contributed by atoms with E-state index in [-0.39, 0.29) is 5.78 Å². The van der Waals surface area contributed by atoms with Crippen LogP contribution in [0.15, 0.2) is 52.7 Å². The number of hydrogen-bond donors (Lipinski definition) is 0. The fourth-order valence-electron chi connectivity index (χ4n) is 3.77. The summed E-state index contributed by atoms with van der Waals surface area (Å²) in [6.45, 7) is 7.34. The Morgan fingerprint density at radius 2 is 1.68 bits per heavy atom. The molecule has 0 amide bonds. The van der Waals surface area contributed by atoms with Crippen molar-refractivity contribution >= 4 is 32.8 Å². The molecule has 1 aliphatic heterocycles. The topological polar surface area (TPSA) is 70.6 Å². The fraction of sp³-hybridized carbons (Fsp3) is 0.304. The van der Waals surface area contributed by atoms with Gasteiger partial charge in [0.25, 0.3) is 0 Å². The van der Waals surface area contributed by atoms with E-state index in [1.165, 1.54) is 0 Å². The molecule has 0 atom stereocenters. The third kappa shape index (κ3) is 4.42. The highest BCUT2D eigenvalue weighted by atomic mass is 32.2. The second-order valence-electron chi connectivity index (χ2n) is 7.73. The number of benzene rings is 2. The van der Waals surface area contributed by atoms with Crippen molar-refractivity contribution in [3.05, 3.63) is 64.0 Å². The summed E-state index contributed by atoms with van der Waals surface area (Å²) in [6.07, 6.45) is 0. The largest absolute Gasteiger partial charge is 0.369 e. The molecule has 0 bridgehead atoms. The molecular weight excluding hydrogens is 430 g/mol. The minimum Gasteiger partial charge on any atom is -0.369 e. The lowest BCUT2D eigenvalue weighted by Gasteiger charge is -2.35. The Labute approximate surface area is 187 Å².